The van der Waals surface area contributed by atoms with Crippen molar-refractivity contribution in [3.8, 4) is 0 Å². The highest BCUT2D eigenvalue weighted by atomic mass is 79.9. The molecule has 0 aliphatic heterocycles. The van der Waals surface area contributed by atoms with Crippen LogP contribution in [0.3, 0.4) is 0 Å². The van der Waals surface area contributed by atoms with Crippen molar-refractivity contribution >= 4 is 21.7 Å². The number of hydrogen-bond donors (Lipinski definition) is 1. The number of halogens is 1. The number of hydrogen-bond acceptors (Lipinski definition) is 3. The number of likely N-dealkylation sites (N-methyl/N-ethyl adjacent to an activating group) is 1. The first-order valence-electron chi connectivity index (χ1n) is 4.26. The van der Waals surface area contributed by atoms with Gasteiger partial charge in [-0.2, -0.15) is 0 Å². The largest absolute Gasteiger partial charge is 0.392 e. The number of pyridine rings is 1. The number of aliphatic hydroxyl groups excluding tert-OH is 1. The van der Waals surface area contributed by atoms with Gasteiger partial charge in [0.15, 0.2) is 0 Å². The second kappa shape index (κ2) is 5.12. The van der Waals surface area contributed by atoms with Gasteiger partial charge in [0, 0.05) is 29.8 Å². The van der Waals surface area contributed by atoms with E-state index in [0.29, 0.717) is 6.54 Å². The smallest absolute Gasteiger partial charge is 0.134 e. The summed E-state index contributed by atoms with van der Waals surface area (Å²) in [5.74, 6) is 0.788. The number of nitrogens with zero attached hydrogens (tertiary/aromatic N) is 2. The highest BCUT2D eigenvalue weighted by Gasteiger charge is 2.07. The first-order valence-corrected chi connectivity index (χ1v) is 5.05. The van der Waals surface area contributed by atoms with Crippen molar-refractivity contribution in [3.63, 3.8) is 0 Å². The summed E-state index contributed by atoms with van der Waals surface area (Å²) in [4.78, 5) is 6.17. The van der Waals surface area contributed by atoms with Gasteiger partial charge in [0.05, 0.1) is 6.61 Å². The molecular weight excluding hydrogens is 244 g/mol. The molecule has 0 saturated heterocycles. The number of aromatic nitrogens is 1. The maximum absolute atomic E-state index is 9.15. The molecule has 0 aromatic carbocycles. The number of rotatable bonds is 4. The summed E-state index contributed by atoms with van der Waals surface area (Å²) in [6, 6.07) is 1.86. The van der Waals surface area contributed by atoms with Crippen LogP contribution in [0.1, 0.15) is 5.56 Å². The molecule has 0 radical (unpaired) electrons. The van der Waals surface area contributed by atoms with Gasteiger partial charge in [-0.25, -0.2) is 4.98 Å². The SMILES string of the molecule is C=CCN(C)c1ncc(Br)cc1CO. The fourth-order valence-corrected chi connectivity index (χ4v) is 1.59. The van der Waals surface area contributed by atoms with Gasteiger partial charge >= 0.3 is 0 Å². The Balaban J connectivity index is 3.00. The summed E-state index contributed by atoms with van der Waals surface area (Å²) in [7, 11) is 1.91. The standard InChI is InChI=1S/C10H13BrN2O/c1-3-4-13(2)10-8(7-14)5-9(11)6-12-10/h3,5-6,14H,1,4,7H2,2H3. The lowest BCUT2D eigenvalue weighted by Crippen LogP contribution is -2.19. The van der Waals surface area contributed by atoms with Gasteiger partial charge < -0.3 is 10.0 Å². The third-order valence-corrected chi connectivity index (χ3v) is 2.28. The molecule has 0 bridgehead atoms. The minimum atomic E-state index is -0.0107. The minimum Gasteiger partial charge on any atom is -0.392 e. The van der Waals surface area contributed by atoms with Crippen molar-refractivity contribution < 1.29 is 5.11 Å². The number of aliphatic hydroxyl groups is 1. The molecular formula is C10H13BrN2O. The Bertz CT molecular complexity index is 328. The third-order valence-electron chi connectivity index (χ3n) is 1.84. The van der Waals surface area contributed by atoms with E-state index < -0.39 is 0 Å². The first-order chi connectivity index (χ1) is 6.69. The van der Waals surface area contributed by atoms with Crippen molar-refractivity contribution in [1.82, 2.24) is 4.98 Å². The molecule has 0 aliphatic rings. The highest BCUT2D eigenvalue weighted by Crippen LogP contribution is 2.20. The van der Waals surface area contributed by atoms with Crippen LogP contribution in [0.25, 0.3) is 0 Å². The Labute approximate surface area is 92.2 Å². The third kappa shape index (κ3) is 2.56. The van der Waals surface area contributed by atoms with Crippen LogP contribution < -0.4 is 4.90 Å². The summed E-state index contributed by atoms with van der Waals surface area (Å²) in [6.45, 7) is 4.36. The molecule has 1 aromatic heterocycles. The molecule has 1 N–H and O–H groups in total. The summed E-state index contributed by atoms with van der Waals surface area (Å²) in [5, 5.41) is 9.15. The van der Waals surface area contributed by atoms with Crippen LogP contribution in [-0.4, -0.2) is 23.7 Å². The Morgan fingerprint density at radius 2 is 2.43 bits per heavy atom. The van der Waals surface area contributed by atoms with E-state index in [0.717, 1.165) is 15.9 Å². The molecule has 0 aliphatic carbocycles. The molecule has 1 rings (SSSR count). The zero-order chi connectivity index (χ0) is 10.6. The maximum atomic E-state index is 9.15. The average molecular weight is 257 g/mol. The molecule has 3 nitrogen and oxygen atoms in total. The van der Waals surface area contributed by atoms with Gasteiger partial charge in [-0.15, -0.1) is 6.58 Å². The monoisotopic (exact) mass is 256 g/mol. The van der Waals surface area contributed by atoms with Crippen molar-refractivity contribution in [2.24, 2.45) is 0 Å². The van der Waals surface area contributed by atoms with E-state index in [1.54, 1.807) is 12.3 Å². The predicted octanol–water partition coefficient (Wildman–Crippen LogP) is 1.96. The van der Waals surface area contributed by atoms with Crippen LogP contribution >= 0.6 is 15.9 Å². The average Bonchev–Trinajstić information content (AvgIpc) is 2.17. The predicted molar refractivity (Wildman–Crippen MR) is 61.3 cm³/mol. The second-order valence-corrected chi connectivity index (χ2v) is 3.88. The molecule has 0 amide bonds. The van der Waals surface area contributed by atoms with Gasteiger partial charge in [-0.05, 0) is 22.0 Å². The van der Waals surface area contributed by atoms with Gasteiger partial charge in [0.1, 0.15) is 5.82 Å². The normalized spacial score (nSPS) is 9.93. The lowest BCUT2D eigenvalue weighted by molar-refractivity contribution is 0.281. The van der Waals surface area contributed by atoms with E-state index >= 15 is 0 Å². The van der Waals surface area contributed by atoms with E-state index in [9.17, 15) is 0 Å². The van der Waals surface area contributed by atoms with Gasteiger partial charge in [-0.1, -0.05) is 6.08 Å². The van der Waals surface area contributed by atoms with Crippen LogP contribution in [-0.2, 0) is 6.61 Å². The van der Waals surface area contributed by atoms with E-state index in [1.165, 1.54) is 0 Å². The van der Waals surface area contributed by atoms with Crippen molar-refractivity contribution in [2.45, 2.75) is 6.61 Å². The van der Waals surface area contributed by atoms with E-state index in [-0.39, 0.29) is 6.61 Å². The highest BCUT2D eigenvalue weighted by molar-refractivity contribution is 9.10. The lowest BCUT2D eigenvalue weighted by Gasteiger charge is -2.18. The fourth-order valence-electron chi connectivity index (χ4n) is 1.21. The molecule has 14 heavy (non-hydrogen) atoms. The van der Waals surface area contributed by atoms with Crippen LogP contribution in [0, 0.1) is 0 Å². The van der Waals surface area contributed by atoms with Crippen LogP contribution in [0.2, 0.25) is 0 Å². The zero-order valence-electron chi connectivity index (χ0n) is 8.07. The molecule has 1 aromatic rings. The van der Waals surface area contributed by atoms with Gasteiger partial charge in [0.25, 0.3) is 0 Å². The molecule has 4 heteroatoms. The van der Waals surface area contributed by atoms with E-state index in [2.05, 4.69) is 27.5 Å². The quantitative estimate of drug-likeness (QED) is 0.837. The minimum absolute atomic E-state index is 0.0107. The van der Waals surface area contributed by atoms with Crippen LogP contribution in [0.5, 0.6) is 0 Å². The summed E-state index contributed by atoms with van der Waals surface area (Å²) in [6.07, 6.45) is 3.51. The Morgan fingerprint density at radius 3 is 3.00 bits per heavy atom. The summed E-state index contributed by atoms with van der Waals surface area (Å²) < 4.78 is 0.873. The molecule has 76 valence electrons. The van der Waals surface area contributed by atoms with Gasteiger partial charge in [-0.3, -0.25) is 0 Å². The Hall–Kier alpha value is -0.870. The summed E-state index contributed by atoms with van der Waals surface area (Å²) in [5.41, 5.74) is 0.809. The molecule has 0 atom stereocenters. The van der Waals surface area contributed by atoms with E-state index in [1.807, 2.05) is 18.0 Å². The van der Waals surface area contributed by atoms with E-state index in [4.69, 9.17) is 5.11 Å². The zero-order valence-corrected chi connectivity index (χ0v) is 9.66. The molecule has 0 spiro atoms. The van der Waals surface area contributed by atoms with Crippen LogP contribution in [0.15, 0.2) is 29.4 Å². The topological polar surface area (TPSA) is 36.4 Å². The van der Waals surface area contributed by atoms with Crippen molar-refractivity contribution in [3.05, 3.63) is 35.0 Å². The molecule has 1 heterocycles. The van der Waals surface area contributed by atoms with Gasteiger partial charge in [0.2, 0.25) is 0 Å². The van der Waals surface area contributed by atoms with Crippen molar-refractivity contribution in [2.75, 3.05) is 18.5 Å². The van der Waals surface area contributed by atoms with Crippen molar-refractivity contribution in [1.29, 1.82) is 0 Å². The fraction of sp³-hybridized carbons (Fsp3) is 0.300. The Kier molecular flexibility index (Phi) is 4.10. The number of anilines is 1. The maximum Gasteiger partial charge on any atom is 0.134 e. The molecule has 0 fully saturated rings. The van der Waals surface area contributed by atoms with Crippen LogP contribution in [0.4, 0.5) is 5.82 Å². The lowest BCUT2D eigenvalue weighted by atomic mass is 10.2. The molecule has 0 unspecified atom stereocenters. The molecule has 0 saturated carbocycles. The Morgan fingerprint density at radius 1 is 1.71 bits per heavy atom. The first kappa shape index (κ1) is 11.2. The summed E-state index contributed by atoms with van der Waals surface area (Å²) >= 11 is 3.31. The second-order valence-electron chi connectivity index (χ2n) is 2.96.